The molecule has 0 fully saturated rings. The van der Waals surface area contributed by atoms with Crippen LogP contribution in [0.25, 0.3) is 0 Å². The Balaban J connectivity index is -0.00000000667. The van der Waals surface area contributed by atoms with E-state index in [0.29, 0.717) is 0 Å². The second kappa shape index (κ2) is 50.0. The molecular formula is H6CoNO3P. The first-order valence-electron chi connectivity index (χ1n) is 0.365. The summed E-state index contributed by atoms with van der Waals surface area (Å²) in [4.78, 5) is 8.35. The fourth-order valence-electron chi connectivity index (χ4n) is 0. The van der Waals surface area contributed by atoms with Crippen molar-refractivity contribution in [1.29, 1.82) is 0 Å². The zero-order valence-electron chi connectivity index (χ0n) is 3.10. The van der Waals surface area contributed by atoms with Crippen LogP contribution in [0.15, 0.2) is 0 Å². The van der Waals surface area contributed by atoms with Crippen LogP contribution in [0.4, 0.5) is 0 Å². The van der Waals surface area contributed by atoms with Gasteiger partial charge in [-0.3, -0.25) is 4.57 Å². The smallest absolute Gasteiger partial charge is 0.0642 e. The predicted octanol–water partition coefficient (Wildman–Crippen LogP) is -0.898. The monoisotopic (exact) mass is 158 g/mol. The van der Waals surface area contributed by atoms with Crippen LogP contribution in [0.1, 0.15) is 0 Å². The maximum absolute atomic E-state index is 8.35. The first kappa shape index (κ1) is 31.6. The third-order valence-corrected chi connectivity index (χ3v) is 0. The molecule has 0 aliphatic rings. The van der Waals surface area contributed by atoms with E-state index in [9.17, 15) is 0 Å². The first-order valence-corrected chi connectivity index (χ1v) is 1.10. The summed E-state index contributed by atoms with van der Waals surface area (Å²) in [6.45, 7) is 0. The van der Waals surface area contributed by atoms with Gasteiger partial charge in [-0.1, -0.05) is 0 Å². The minimum absolute atomic E-state index is 0. The number of hydrogen-bond donors (Lipinski definition) is 1. The maximum atomic E-state index is 8.35. The van der Waals surface area contributed by atoms with E-state index in [-0.39, 0.29) is 28.4 Å². The molecule has 0 heterocycles. The van der Waals surface area contributed by atoms with E-state index < -0.39 is 8.69 Å². The number of quaternary nitrogens is 1. The van der Waals surface area contributed by atoms with Crippen molar-refractivity contribution in [2.24, 2.45) is 0 Å². The molecule has 0 saturated carbocycles. The van der Waals surface area contributed by atoms with Crippen molar-refractivity contribution in [2.45, 2.75) is 0 Å². The average molecular weight is 158 g/mol. The van der Waals surface area contributed by atoms with Gasteiger partial charge in [0.15, 0.2) is 0 Å². The van der Waals surface area contributed by atoms with Crippen molar-refractivity contribution in [3.8, 4) is 0 Å². The molecule has 0 aromatic rings. The van der Waals surface area contributed by atoms with Crippen LogP contribution in [0.3, 0.4) is 0 Å². The standard InChI is InChI=1S/Co.H3N.HO2P.H2O/c;;1-3-2;/h;1H3;(H,1,2);1H2. The molecule has 0 aliphatic carbocycles. The SMILES string of the molecule is O.O=P[O-].[Co].[NH4+]. The Hall–Kier alpha value is 0.486. The second-order valence-corrected chi connectivity index (χ2v) is 0.224. The molecule has 0 spiro atoms. The molecule has 4 nitrogen and oxygen atoms in total. The Labute approximate surface area is 47.3 Å². The summed E-state index contributed by atoms with van der Waals surface area (Å²) in [6.07, 6.45) is 0. The summed E-state index contributed by atoms with van der Waals surface area (Å²) in [5, 5.41) is 0. The Morgan fingerprint density at radius 3 is 1.50 bits per heavy atom. The van der Waals surface area contributed by atoms with Gasteiger partial charge in [0.1, 0.15) is 0 Å². The fraction of sp³-hybridized carbons (Fsp3) is 0. The average Bonchev–Trinajstić information content (AvgIpc) is 0.918. The molecule has 6 heavy (non-hydrogen) atoms. The van der Waals surface area contributed by atoms with Crippen molar-refractivity contribution >= 4 is 8.69 Å². The zero-order valence-corrected chi connectivity index (χ0v) is 5.03. The van der Waals surface area contributed by atoms with Crippen LogP contribution < -0.4 is 11.0 Å². The second-order valence-electron chi connectivity index (χ2n) is 0.0745. The molecule has 1 radical (unpaired) electrons. The van der Waals surface area contributed by atoms with Crippen molar-refractivity contribution in [2.75, 3.05) is 0 Å². The number of rotatable bonds is 0. The van der Waals surface area contributed by atoms with Gasteiger partial charge in [-0.2, -0.15) is 0 Å². The summed E-state index contributed by atoms with van der Waals surface area (Å²) in [5.74, 6) is 0. The van der Waals surface area contributed by atoms with Gasteiger partial charge in [0.25, 0.3) is 0 Å². The van der Waals surface area contributed by atoms with Gasteiger partial charge >= 0.3 is 0 Å². The summed E-state index contributed by atoms with van der Waals surface area (Å²) in [5.41, 5.74) is 0. The Morgan fingerprint density at radius 2 is 1.50 bits per heavy atom. The molecule has 6 N–H and O–H groups in total. The number of hydrogen-bond acceptors (Lipinski definition) is 2. The first-order chi connectivity index (χ1) is 1.41. The minimum Gasteiger partial charge on any atom is -0.772 e. The summed E-state index contributed by atoms with van der Waals surface area (Å²) >= 11 is 0. The maximum Gasteiger partial charge on any atom is 0.0642 e. The van der Waals surface area contributed by atoms with Crippen LogP contribution >= 0.6 is 8.69 Å². The van der Waals surface area contributed by atoms with Crippen LogP contribution in [0, 0.1) is 0 Å². The van der Waals surface area contributed by atoms with E-state index in [1.807, 2.05) is 0 Å². The topological polar surface area (TPSA) is 108 Å². The molecule has 0 bridgehead atoms. The Kier molecular flexibility index (Phi) is 263. The van der Waals surface area contributed by atoms with Gasteiger partial charge in [-0.05, 0) is 0 Å². The molecule has 6 heteroatoms. The summed E-state index contributed by atoms with van der Waals surface area (Å²) in [7, 11) is -1.08. The van der Waals surface area contributed by atoms with Crippen LogP contribution in [-0.2, 0) is 21.3 Å². The largest absolute Gasteiger partial charge is 0.772 e. The van der Waals surface area contributed by atoms with Crippen LogP contribution in [-0.4, -0.2) is 5.48 Å². The molecule has 0 aromatic heterocycles. The molecule has 0 unspecified atom stereocenters. The Bertz CT molecular complexity index is 18.3. The van der Waals surface area contributed by atoms with E-state index in [2.05, 4.69) is 0 Å². The minimum atomic E-state index is -1.08. The molecule has 0 amide bonds. The van der Waals surface area contributed by atoms with E-state index in [0.717, 1.165) is 0 Å². The van der Waals surface area contributed by atoms with Gasteiger partial charge < -0.3 is 16.5 Å². The van der Waals surface area contributed by atoms with Crippen LogP contribution in [0.5, 0.6) is 0 Å². The van der Waals surface area contributed by atoms with Crippen LogP contribution in [0.2, 0.25) is 0 Å². The van der Waals surface area contributed by atoms with Gasteiger partial charge in [-0.25, -0.2) is 0 Å². The predicted molar refractivity (Wildman–Crippen MR) is 17.2 cm³/mol. The molecular weight excluding hydrogens is 152 g/mol. The van der Waals surface area contributed by atoms with Gasteiger partial charge in [0, 0.05) is 16.8 Å². The normalized spacial score (nSPS) is 3.50. The zero-order chi connectivity index (χ0) is 2.71. The quantitative estimate of drug-likeness (QED) is 0.461. The van der Waals surface area contributed by atoms with Gasteiger partial charge in [-0.15, -0.1) is 0 Å². The summed E-state index contributed by atoms with van der Waals surface area (Å²) < 4.78 is 8.35. The van der Waals surface area contributed by atoms with E-state index in [1.165, 1.54) is 0 Å². The Morgan fingerprint density at radius 1 is 1.50 bits per heavy atom. The van der Waals surface area contributed by atoms with E-state index >= 15 is 0 Å². The molecule has 43 valence electrons. The molecule has 0 saturated heterocycles. The molecule has 0 aliphatic heterocycles. The van der Waals surface area contributed by atoms with Gasteiger partial charge in [0.05, 0.1) is 8.69 Å². The van der Waals surface area contributed by atoms with Crippen molar-refractivity contribution < 1.29 is 31.7 Å². The summed E-state index contributed by atoms with van der Waals surface area (Å²) in [6, 6.07) is 0. The van der Waals surface area contributed by atoms with E-state index in [1.54, 1.807) is 0 Å². The fourth-order valence-corrected chi connectivity index (χ4v) is 0. The van der Waals surface area contributed by atoms with E-state index in [4.69, 9.17) is 9.46 Å². The molecule has 0 aromatic carbocycles. The van der Waals surface area contributed by atoms with Crippen molar-refractivity contribution in [3.63, 3.8) is 0 Å². The third kappa shape index (κ3) is 230. The van der Waals surface area contributed by atoms with Crippen molar-refractivity contribution in [1.82, 2.24) is 6.15 Å². The molecule has 0 rings (SSSR count). The third-order valence-electron chi connectivity index (χ3n) is 0. The molecule has 0 atom stereocenters. The van der Waals surface area contributed by atoms with Gasteiger partial charge in [0.2, 0.25) is 0 Å². The van der Waals surface area contributed by atoms with Crippen molar-refractivity contribution in [3.05, 3.63) is 0 Å².